The van der Waals surface area contributed by atoms with E-state index in [9.17, 15) is 4.79 Å². The Kier molecular flexibility index (Phi) is 10.1. The lowest BCUT2D eigenvalue weighted by Gasteiger charge is -2.22. The van der Waals surface area contributed by atoms with Gasteiger partial charge in [-0.3, -0.25) is 5.32 Å². The molecule has 0 radical (unpaired) electrons. The summed E-state index contributed by atoms with van der Waals surface area (Å²) in [6.07, 6.45) is 1.75. The van der Waals surface area contributed by atoms with Crippen LogP contribution < -0.4 is 10.1 Å². The lowest BCUT2D eigenvalue weighted by molar-refractivity contribution is -0.0689. The van der Waals surface area contributed by atoms with Gasteiger partial charge in [-0.1, -0.05) is 66.7 Å². The summed E-state index contributed by atoms with van der Waals surface area (Å²) in [6, 6.07) is 23.6. The van der Waals surface area contributed by atoms with Gasteiger partial charge in [-0.15, -0.1) is 6.58 Å². The van der Waals surface area contributed by atoms with E-state index in [0.29, 0.717) is 31.1 Å². The molecule has 0 saturated carbocycles. The van der Waals surface area contributed by atoms with Crippen molar-refractivity contribution in [1.82, 2.24) is 0 Å². The average Bonchev–Trinajstić information content (AvgIpc) is 2.84. The summed E-state index contributed by atoms with van der Waals surface area (Å²) >= 11 is 0. The highest BCUT2D eigenvalue weighted by Crippen LogP contribution is 2.31. The van der Waals surface area contributed by atoms with Crippen LogP contribution in [0.5, 0.6) is 5.75 Å². The number of carbonyl (C=O) groups excluding carboxylic acids is 1. The zero-order valence-electron chi connectivity index (χ0n) is 21.3. The SMILES string of the molecule is C=CCc1c(NC(=O)OC(C)(C)C)cc(COCOCc2ccccc2)cc1OCc1ccccc1. The lowest BCUT2D eigenvalue weighted by atomic mass is 10.0. The third-order valence-corrected chi connectivity index (χ3v) is 5.04. The molecule has 0 aromatic heterocycles. The van der Waals surface area contributed by atoms with Crippen LogP contribution in [-0.2, 0) is 40.5 Å². The number of allylic oxidation sites excluding steroid dienone is 1. The van der Waals surface area contributed by atoms with Crippen molar-refractivity contribution in [2.45, 2.75) is 52.6 Å². The number of benzene rings is 3. The molecule has 3 rings (SSSR count). The van der Waals surface area contributed by atoms with E-state index >= 15 is 0 Å². The minimum absolute atomic E-state index is 0.137. The molecule has 0 heterocycles. The molecular weight excluding hydrogens is 454 g/mol. The molecule has 0 fully saturated rings. The highest BCUT2D eigenvalue weighted by molar-refractivity contribution is 5.87. The number of hydrogen-bond acceptors (Lipinski definition) is 5. The van der Waals surface area contributed by atoms with E-state index in [1.54, 1.807) is 6.08 Å². The largest absolute Gasteiger partial charge is 0.489 e. The van der Waals surface area contributed by atoms with Crippen LogP contribution in [0.2, 0.25) is 0 Å². The Morgan fingerprint density at radius 2 is 1.44 bits per heavy atom. The van der Waals surface area contributed by atoms with E-state index in [1.165, 1.54) is 0 Å². The van der Waals surface area contributed by atoms with Crippen molar-refractivity contribution in [1.29, 1.82) is 0 Å². The quantitative estimate of drug-likeness (QED) is 0.168. The second-order valence-electron chi connectivity index (χ2n) is 9.31. The Bertz CT molecular complexity index is 1110. The average molecular weight is 490 g/mol. The van der Waals surface area contributed by atoms with E-state index in [1.807, 2.05) is 93.6 Å². The van der Waals surface area contributed by atoms with Crippen LogP contribution in [-0.4, -0.2) is 18.5 Å². The van der Waals surface area contributed by atoms with E-state index in [-0.39, 0.29) is 13.4 Å². The summed E-state index contributed by atoms with van der Waals surface area (Å²) in [4.78, 5) is 12.6. The van der Waals surface area contributed by atoms with Gasteiger partial charge < -0.3 is 18.9 Å². The summed E-state index contributed by atoms with van der Waals surface area (Å²) in [5.41, 5.74) is 3.75. The van der Waals surface area contributed by atoms with E-state index < -0.39 is 11.7 Å². The van der Waals surface area contributed by atoms with Gasteiger partial charge >= 0.3 is 6.09 Å². The van der Waals surface area contributed by atoms with Crippen molar-refractivity contribution in [3.63, 3.8) is 0 Å². The fourth-order valence-corrected chi connectivity index (χ4v) is 3.48. The minimum Gasteiger partial charge on any atom is -0.489 e. The van der Waals surface area contributed by atoms with Crippen molar-refractivity contribution in [2.24, 2.45) is 0 Å². The van der Waals surface area contributed by atoms with Crippen molar-refractivity contribution in [2.75, 3.05) is 12.1 Å². The molecular formula is C30H35NO5. The highest BCUT2D eigenvalue weighted by atomic mass is 16.7. The number of carbonyl (C=O) groups is 1. The first kappa shape index (κ1) is 27.0. The molecule has 0 saturated heterocycles. The Morgan fingerprint density at radius 1 is 0.861 bits per heavy atom. The third kappa shape index (κ3) is 9.21. The Labute approximate surface area is 213 Å². The molecule has 36 heavy (non-hydrogen) atoms. The minimum atomic E-state index is -0.619. The predicted octanol–water partition coefficient (Wildman–Crippen LogP) is 7.03. The normalized spacial score (nSPS) is 11.1. The summed E-state index contributed by atoms with van der Waals surface area (Å²) in [5, 5.41) is 2.88. The van der Waals surface area contributed by atoms with Gasteiger partial charge in [0.25, 0.3) is 0 Å². The number of amides is 1. The van der Waals surface area contributed by atoms with Gasteiger partial charge in [0, 0.05) is 5.56 Å². The third-order valence-electron chi connectivity index (χ3n) is 5.04. The van der Waals surface area contributed by atoms with Gasteiger partial charge in [0.1, 0.15) is 24.8 Å². The van der Waals surface area contributed by atoms with Gasteiger partial charge in [-0.2, -0.15) is 0 Å². The van der Waals surface area contributed by atoms with Crippen molar-refractivity contribution < 1.29 is 23.7 Å². The standard InChI is InChI=1S/C30H35NO5/c1-5-12-26-27(31-29(32)36-30(2,3)4)17-25(18-28(26)35-21-24-15-10-7-11-16-24)20-34-22-33-19-23-13-8-6-9-14-23/h5-11,13-18H,1,12,19-22H2,2-4H3,(H,31,32). The topological polar surface area (TPSA) is 66.0 Å². The monoisotopic (exact) mass is 489 g/mol. The second kappa shape index (κ2) is 13.5. The molecule has 3 aromatic rings. The summed E-state index contributed by atoms with van der Waals surface area (Å²) in [5.74, 6) is 0.649. The summed E-state index contributed by atoms with van der Waals surface area (Å²) in [6.45, 7) is 10.6. The van der Waals surface area contributed by atoms with Crippen LogP contribution in [0.3, 0.4) is 0 Å². The molecule has 0 aliphatic carbocycles. The number of nitrogens with one attached hydrogen (secondary N) is 1. The maximum Gasteiger partial charge on any atom is 0.412 e. The molecule has 0 atom stereocenters. The first-order valence-corrected chi connectivity index (χ1v) is 12.0. The van der Waals surface area contributed by atoms with Gasteiger partial charge in [0.15, 0.2) is 0 Å². The zero-order valence-corrected chi connectivity index (χ0v) is 21.3. The maximum atomic E-state index is 12.6. The maximum absolute atomic E-state index is 12.6. The highest BCUT2D eigenvalue weighted by Gasteiger charge is 2.19. The molecule has 1 amide bonds. The van der Waals surface area contributed by atoms with E-state index in [0.717, 1.165) is 22.3 Å². The smallest absolute Gasteiger partial charge is 0.412 e. The first-order chi connectivity index (χ1) is 17.3. The molecule has 6 heteroatoms. The molecule has 0 unspecified atom stereocenters. The van der Waals surface area contributed by atoms with Crippen LogP contribution in [0.4, 0.5) is 10.5 Å². The molecule has 1 N–H and O–H groups in total. The zero-order chi connectivity index (χ0) is 25.8. The molecule has 0 aliphatic heterocycles. The van der Waals surface area contributed by atoms with E-state index in [2.05, 4.69) is 11.9 Å². The molecule has 6 nitrogen and oxygen atoms in total. The van der Waals surface area contributed by atoms with Crippen LogP contribution in [0.15, 0.2) is 85.5 Å². The lowest BCUT2D eigenvalue weighted by Crippen LogP contribution is -2.27. The summed E-state index contributed by atoms with van der Waals surface area (Å²) < 4.78 is 23.1. The molecule has 190 valence electrons. The van der Waals surface area contributed by atoms with Crippen molar-refractivity contribution in [3.05, 3.63) is 108 Å². The van der Waals surface area contributed by atoms with Crippen LogP contribution in [0, 0.1) is 0 Å². The number of ether oxygens (including phenoxy) is 4. The molecule has 0 spiro atoms. The number of hydrogen-bond donors (Lipinski definition) is 1. The van der Waals surface area contributed by atoms with Crippen LogP contribution in [0.1, 0.15) is 43.0 Å². The predicted molar refractivity (Wildman–Crippen MR) is 142 cm³/mol. The van der Waals surface area contributed by atoms with Gasteiger partial charge in [0.05, 0.1) is 18.9 Å². The Morgan fingerprint density at radius 3 is 2.03 bits per heavy atom. The van der Waals surface area contributed by atoms with E-state index in [4.69, 9.17) is 18.9 Å². The number of anilines is 1. The van der Waals surface area contributed by atoms with Crippen LogP contribution in [0.25, 0.3) is 0 Å². The molecule has 3 aromatic carbocycles. The fourth-order valence-electron chi connectivity index (χ4n) is 3.48. The fraction of sp³-hybridized carbons (Fsp3) is 0.300. The Hall–Kier alpha value is -3.61. The second-order valence-corrected chi connectivity index (χ2v) is 9.31. The van der Waals surface area contributed by atoms with Gasteiger partial charge in [-0.25, -0.2) is 4.79 Å². The van der Waals surface area contributed by atoms with Crippen LogP contribution >= 0.6 is 0 Å². The number of rotatable bonds is 12. The molecule has 0 aliphatic rings. The Balaban J connectivity index is 1.75. The van der Waals surface area contributed by atoms with Gasteiger partial charge in [-0.05, 0) is 56.0 Å². The first-order valence-electron chi connectivity index (χ1n) is 12.0. The van der Waals surface area contributed by atoms with Crippen molar-refractivity contribution in [3.8, 4) is 5.75 Å². The summed E-state index contributed by atoms with van der Waals surface area (Å²) in [7, 11) is 0. The van der Waals surface area contributed by atoms with Crippen molar-refractivity contribution >= 4 is 11.8 Å². The molecule has 0 bridgehead atoms. The van der Waals surface area contributed by atoms with Gasteiger partial charge in [0.2, 0.25) is 0 Å².